The van der Waals surface area contributed by atoms with Crippen molar-refractivity contribution < 1.29 is 27.9 Å². The Balaban J connectivity index is 1.33. The third-order valence-corrected chi connectivity index (χ3v) is 7.42. The first kappa shape index (κ1) is 24.2. The minimum Gasteiger partial charge on any atom is -0.379 e. The summed E-state index contributed by atoms with van der Waals surface area (Å²) in [6, 6.07) is 10.9. The predicted octanol–water partition coefficient (Wildman–Crippen LogP) is 3.51. The lowest BCUT2D eigenvalue weighted by molar-refractivity contribution is 0.0596. The van der Waals surface area contributed by atoms with Crippen molar-refractivity contribution in [2.24, 2.45) is 0 Å². The van der Waals surface area contributed by atoms with Crippen LogP contribution in [-0.4, -0.2) is 64.3 Å². The first-order valence-corrected chi connectivity index (χ1v) is 12.9. The Morgan fingerprint density at radius 1 is 0.941 bits per heavy atom. The molecule has 3 aromatic rings. The predicted molar refractivity (Wildman–Crippen MR) is 125 cm³/mol. The molecule has 4 rings (SSSR count). The van der Waals surface area contributed by atoms with Gasteiger partial charge in [-0.3, -0.25) is 19.1 Å². The van der Waals surface area contributed by atoms with Gasteiger partial charge in [0.2, 0.25) is 0 Å². The lowest BCUT2D eigenvalue weighted by Crippen LogP contribution is -2.39. The fraction of sp³-hybridized carbons (Fsp3) is 0.391. The third-order valence-electron chi connectivity index (χ3n) is 5.39. The lowest BCUT2D eigenvalue weighted by atomic mass is 9.94. The standard InChI is InChI=1S/C23H27N4O6P/c1-3-32-34(30,33-4-2)14-13-31-12-11-26-15-18(24-25-26)16-27-22(28)19-9-5-7-17-8-6-10-20(21(17)19)23(27)29/h5-10,15H,3-4,11-14,16H2,1-2H3. The summed E-state index contributed by atoms with van der Waals surface area (Å²) >= 11 is 0. The van der Waals surface area contributed by atoms with Crippen molar-refractivity contribution >= 4 is 30.2 Å². The van der Waals surface area contributed by atoms with Crippen molar-refractivity contribution in [3.63, 3.8) is 0 Å². The van der Waals surface area contributed by atoms with Crippen molar-refractivity contribution in [1.82, 2.24) is 19.9 Å². The summed E-state index contributed by atoms with van der Waals surface area (Å²) in [4.78, 5) is 27.3. The second kappa shape index (κ2) is 10.6. The molecular formula is C23H27N4O6P. The summed E-state index contributed by atoms with van der Waals surface area (Å²) in [7, 11) is -3.13. The molecule has 0 fully saturated rings. The summed E-state index contributed by atoms with van der Waals surface area (Å²) in [5.74, 6) is -0.694. The van der Waals surface area contributed by atoms with Crippen LogP contribution in [0.3, 0.4) is 0 Å². The Morgan fingerprint density at radius 2 is 1.59 bits per heavy atom. The van der Waals surface area contributed by atoms with Gasteiger partial charge < -0.3 is 13.8 Å². The van der Waals surface area contributed by atoms with Gasteiger partial charge in [-0.15, -0.1) is 5.10 Å². The van der Waals surface area contributed by atoms with Gasteiger partial charge in [-0.25, -0.2) is 4.68 Å². The molecule has 34 heavy (non-hydrogen) atoms. The molecule has 2 heterocycles. The van der Waals surface area contributed by atoms with E-state index in [9.17, 15) is 14.2 Å². The molecule has 0 unspecified atom stereocenters. The average molecular weight is 486 g/mol. The van der Waals surface area contributed by atoms with E-state index in [1.165, 1.54) is 4.90 Å². The zero-order valence-electron chi connectivity index (χ0n) is 19.2. The van der Waals surface area contributed by atoms with Gasteiger partial charge in [0.05, 0.1) is 51.9 Å². The molecule has 2 aromatic carbocycles. The van der Waals surface area contributed by atoms with Crippen LogP contribution in [0.4, 0.5) is 0 Å². The molecule has 10 nitrogen and oxygen atoms in total. The number of rotatable bonds is 12. The molecule has 0 saturated heterocycles. The van der Waals surface area contributed by atoms with E-state index < -0.39 is 7.60 Å². The van der Waals surface area contributed by atoms with Crippen LogP contribution in [0, 0.1) is 0 Å². The van der Waals surface area contributed by atoms with Crippen LogP contribution < -0.4 is 0 Å². The third kappa shape index (κ3) is 5.10. The van der Waals surface area contributed by atoms with Crippen LogP contribution in [0.25, 0.3) is 10.8 Å². The van der Waals surface area contributed by atoms with Gasteiger partial charge in [0.15, 0.2) is 0 Å². The quantitative estimate of drug-likeness (QED) is 0.217. The Morgan fingerprint density at radius 3 is 2.21 bits per heavy atom. The molecule has 0 saturated carbocycles. The second-order valence-corrected chi connectivity index (χ2v) is 9.85. The molecule has 1 aliphatic rings. The molecule has 1 aliphatic heterocycles. The minimum atomic E-state index is -3.13. The van der Waals surface area contributed by atoms with Gasteiger partial charge in [0.1, 0.15) is 5.69 Å². The maximum atomic E-state index is 13.0. The van der Waals surface area contributed by atoms with E-state index in [1.807, 2.05) is 24.3 Å². The summed E-state index contributed by atoms with van der Waals surface area (Å²) in [5.41, 5.74) is 1.50. The molecule has 0 atom stereocenters. The number of hydrogen-bond acceptors (Lipinski definition) is 8. The van der Waals surface area contributed by atoms with Gasteiger partial charge in [0, 0.05) is 16.5 Å². The zero-order chi connectivity index (χ0) is 24.1. The van der Waals surface area contributed by atoms with Gasteiger partial charge in [-0.2, -0.15) is 0 Å². The highest BCUT2D eigenvalue weighted by Gasteiger charge is 2.33. The topological polar surface area (TPSA) is 113 Å². The van der Waals surface area contributed by atoms with Gasteiger partial charge in [-0.1, -0.05) is 29.5 Å². The van der Waals surface area contributed by atoms with Gasteiger partial charge in [0.25, 0.3) is 11.8 Å². The second-order valence-electron chi connectivity index (χ2n) is 7.66. The Bertz CT molecular complexity index is 1180. The molecule has 0 radical (unpaired) electrons. The maximum Gasteiger partial charge on any atom is 0.332 e. The fourth-order valence-corrected chi connectivity index (χ4v) is 5.37. The molecule has 11 heteroatoms. The normalized spacial score (nSPS) is 13.8. The Hall–Kier alpha value is -2.91. The zero-order valence-corrected chi connectivity index (χ0v) is 20.1. The largest absolute Gasteiger partial charge is 0.379 e. The first-order valence-electron chi connectivity index (χ1n) is 11.2. The molecule has 0 spiro atoms. The SMILES string of the molecule is CCOP(=O)(CCOCCn1cc(CN2C(=O)c3cccc4cccc(c34)C2=O)nn1)OCC. The molecule has 2 amide bonds. The Labute approximate surface area is 197 Å². The van der Waals surface area contributed by atoms with E-state index in [-0.39, 0.29) is 31.1 Å². The average Bonchev–Trinajstić information content (AvgIpc) is 3.27. The number of carbonyl (C=O) groups excluding carboxylic acids is 2. The number of imide groups is 1. The highest BCUT2D eigenvalue weighted by Crippen LogP contribution is 2.47. The fourth-order valence-electron chi connectivity index (χ4n) is 3.90. The molecule has 0 N–H and O–H groups in total. The number of carbonyl (C=O) groups is 2. The number of amides is 2. The minimum absolute atomic E-state index is 0.0230. The monoisotopic (exact) mass is 486 g/mol. The van der Waals surface area contributed by atoms with Crippen molar-refractivity contribution in [2.75, 3.05) is 32.6 Å². The number of benzene rings is 2. The Kier molecular flexibility index (Phi) is 7.53. The molecule has 1 aromatic heterocycles. The summed E-state index contributed by atoms with van der Waals surface area (Å²) < 4.78 is 30.0. The number of ether oxygens (including phenoxy) is 1. The van der Waals surface area contributed by atoms with E-state index in [0.717, 1.165) is 5.39 Å². The number of hydrogen-bond donors (Lipinski definition) is 0. The lowest BCUT2D eigenvalue weighted by Gasteiger charge is -2.26. The first-order chi connectivity index (χ1) is 16.5. The number of aromatic nitrogens is 3. The summed E-state index contributed by atoms with van der Waals surface area (Å²) in [6.45, 7) is 5.11. The van der Waals surface area contributed by atoms with E-state index >= 15 is 0 Å². The highest BCUT2D eigenvalue weighted by atomic mass is 31.2. The number of nitrogens with zero attached hydrogens (tertiary/aromatic N) is 4. The smallest absolute Gasteiger partial charge is 0.332 e. The van der Waals surface area contributed by atoms with Crippen LogP contribution in [-0.2, 0) is 31.4 Å². The molecule has 0 aliphatic carbocycles. The van der Waals surface area contributed by atoms with Crippen LogP contribution in [0.15, 0.2) is 42.6 Å². The van der Waals surface area contributed by atoms with Gasteiger partial charge >= 0.3 is 7.60 Å². The van der Waals surface area contributed by atoms with Crippen LogP contribution >= 0.6 is 7.60 Å². The van der Waals surface area contributed by atoms with E-state index in [2.05, 4.69) is 10.3 Å². The summed E-state index contributed by atoms with van der Waals surface area (Å²) in [6.07, 6.45) is 1.85. The van der Waals surface area contributed by atoms with Crippen molar-refractivity contribution in [1.29, 1.82) is 0 Å². The van der Waals surface area contributed by atoms with Crippen molar-refractivity contribution in [3.05, 3.63) is 59.4 Å². The maximum absolute atomic E-state index is 13.0. The van der Waals surface area contributed by atoms with Crippen molar-refractivity contribution in [2.45, 2.75) is 26.9 Å². The molecule has 180 valence electrons. The van der Waals surface area contributed by atoms with E-state index in [1.54, 1.807) is 36.9 Å². The van der Waals surface area contributed by atoms with E-state index in [0.29, 0.717) is 48.6 Å². The van der Waals surface area contributed by atoms with Crippen LogP contribution in [0.2, 0.25) is 0 Å². The molecular weight excluding hydrogens is 459 g/mol. The van der Waals surface area contributed by atoms with Gasteiger partial charge in [-0.05, 0) is 31.4 Å². The molecule has 0 bridgehead atoms. The van der Waals surface area contributed by atoms with Crippen LogP contribution in [0.5, 0.6) is 0 Å². The van der Waals surface area contributed by atoms with E-state index in [4.69, 9.17) is 13.8 Å². The highest BCUT2D eigenvalue weighted by molar-refractivity contribution is 7.53. The van der Waals surface area contributed by atoms with Crippen molar-refractivity contribution in [3.8, 4) is 0 Å². The van der Waals surface area contributed by atoms with Crippen LogP contribution in [0.1, 0.15) is 40.3 Å². The summed E-state index contributed by atoms with van der Waals surface area (Å²) in [5, 5.41) is 9.70.